The van der Waals surface area contributed by atoms with Crippen molar-refractivity contribution in [1.29, 1.82) is 0 Å². The number of benzene rings is 1. The van der Waals surface area contributed by atoms with Crippen LogP contribution in [0.5, 0.6) is 0 Å². The second kappa shape index (κ2) is 7.21. The molecule has 0 saturated carbocycles. The van der Waals surface area contributed by atoms with Crippen molar-refractivity contribution in [2.75, 3.05) is 26.2 Å². The molecule has 2 aromatic heterocycles. The molecule has 1 fully saturated rings. The van der Waals surface area contributed by atoms with E-state index in [0.29, 0.717) is 0 Å². The molecular weight excluding hydrogens is 316 g/mol. The molecule has 0 N–H and O–H groups in total. The molecule has 0 bridgehead atoms. The maximum Gasteiger partial charge on any atom is 0.151 e. The lowest BCUT2D eigenvalue weighted by atomic mass is 10.1. The van der Waals surface area contributed by atoms with Gasteiger partial charge < -0.3 is 9.05 Å². The third kappa shape index (κ3) is 3.97. The Kier molecular flexibility index (Phi) is 4.63. The summed E-state index contributed by atoms with van der Waals surface area (Å²) < 4.78 is 10.8. The SMILES string of the molecule is Cc1cc(CN2CCN(Cc3cc(-c4ccccc4)no3)CC2)on1. The molecule has 0 amide bonds. The lowest BCUT2D eigenvalue weighted by Gasteiger charge is -2.33. The fraction of sp³-hybridized carbons (Fsp3) is 0.368. The highest BCUT2D eigenvalue weighted by Crippen LogP contribution is 2.20. The van der Waals surface area contributed by atoms with Gasteiger partial charge in [-0.2, -0.15) is 0 Å². The van der Waals surface area contributed by atoms with Crippen molar-refractivity contribution < 1.29 is 9.05 Å². The fourth-order valence-electron chi connectivity index (χ4n) is 3.17. The van der Waals surface area contributed by atoms with Crippen molar-refractivity contribution in [3.05, 3.63) is 59.7 Å². The lowest BCUT2D eigenvalue weighted by molar-refractivity contribution is 0.106. The van der Waals surface area contributed by atoms with Crippen LogP contribution in [0, 0.1) is 6.92 Å². The van der Waals surface area contributed by atoms with E-state index in [4.69, 9.17) is 9.05 Å². The van der Waals surface area contributed by atoms with Crippen LogP contribution in [-0.2, 0) is 13.1 Å². The fourth-order valence-corrected chi connectivity index (χ4v) is 3.17. The maximum atomic E-state index is 5.52. The molecule has 0 unspecified atom stereocenters. The molecular formula is C19H22N4O2. The monoisotopic (exact) mass is 338 g/mol. The van der Waals surface area contributed by atoms with E-state index in [1.165, 1.54) is 0 Å². The van der Waals surface area contributed by atoms with Crippen LogP contribution in [0.4, 0.5) is 0 Å². The maximum absolute atomic E-state index is 5.52. The minimum Gasteiger partial charge on any atom is -0.360 e. The molecule has 6 heteroatoms. The molecule has 0 atom stereocenters. The molecule has 0 radical (unpaired) electrons. The predicted octanol–water partition coefficient (Wildman–Crippen LogP) is 2.96. The van der Waals surface area contributed by atoms with E-state index >= 15 is 0 Å². The van der Waals surface area contributed by atoms with Gasteiger partial charge in [0.25, 0.3) is 0 Å². The van der Waals surface area contributed by atoms with Gasteiger partial charge in [0, 0.05) is 43.9 Å². The molecule has 3 aromatic rings. The summed E-state index contributed by atoms with van der Waals surface area (Å²) >= 11 is 0. The second-order valence-corrected chi connectivity index (χ2v) is 6.53. The van der Waals surface area contributed by atoms with Crippen molar-refractivity contribution >= 4 is 0 Å². The Morgan fingerprint density at radius 1 is 0.840 bits per heavy atom. The number of nitrogens with zero attached hydrogens (tertiary/aromatic N) is 4. The molecule has 130 valence electrons. The Labute approximate surface area is 147 Å². The molecule has 1 aliphatic rings. The Morgan fingerprint density at radius 3 is 2.04 bits per heavy atom. The Hall–Kier alpha value is -2.44. The summed E-state index contributed by atoms with van der Waals surface area (Å²) in [4.78, 5) is 4.80. The molecule has 1 saturated heterocycles. The molecule has 0 aliphatic carbocycles. The Morgan fingerprint density at radius 2 is 1.44 bits per heavy atom. The summed E-state index contributed by atoms with van der Waals surface area (Å²) in [5, 5.41) is 8.14. The molecule has 1 aromatic carbocycles. The topological polar surface area (TPSA) is 58.5 Å². The first-order valence-electron chi connectivity index (χ1n) is 8.64. The number of piperazine rings is 1. The highest BCUT2D eigenvalue weighted by molar-refractivity contribution is 5.58. The number of rotatable bonds is 5. The minimum atomic E-state index is 0.801. The Bertz CT molecular complexity index is 804. The molecule has 1 aliphatic heterocycles. The predicted molar refractivity (Wildman–Crippen MR) is 93.7 cm³/mol. The van der Waals surface area contributed by atoms with Gasteiger partial charge in [-0.05, 0) is 6.92 Å². The summed E-state index contributed by atoms with van der Waals surface area (Å²) in [7, 11) is 0. The van der Waals surface area contributed by atoms with Crippen molar-refractivity contribution in [1.82, 2.24) is 20.1 Å². The zero-order valence-corrected chi connectivity index (χ0v) is 14.4. The highest BCUT2D eigenvalue weighted by atomic mass is 16.5. The smallest absolute Gasteiger partial charge is 0.151 e. The summed E-state index contributed by atoms with van der Waals surface area (Å²) in [5.74, 6) is 1.85. The van der Waals surface area contributed by atoms with E-state index in [1.807, 2.05) is 49.4 Å². The number of hydrogen-bond donors (Lipinski definition) is 0. The average Bonchev–Trinajstić information content (AvgIpc) is 3.27. The van der Waals surface area contributed by atoms with E-state index < -0.39 is 0 Å². The first-order chi connectivity index (χ1) is 12.3. The van der Waals surface area contributed by atoms with Gasteiger partial charge in [-0.3, -0.25) is 9.80 Å². The van der Waals surface area contributed by atoms with Crippen LogP contribution >= 0.6 is 0 Å². The van der Waals surface area contributed by atoms with E-state index in [9.17, 15) is 0 Å². The lowest BCUT2D eigenvalue weighted by Crippen LogP contribution is -2.45. The van der Waals surface area contributed by atoms with E-state index in [2.05, 4.69) is 20.1 Å². The van der Waals surface area contributed by atoms with Crippen molar-refractivity contribution in [2.45, 2.75) is 20.0 Å². The van der Waals surface area contributed by atoms with E-state index in [1.54, 1.807) is 0 Å². The van der Waals surface area contributed by atoms with Gasteiger partial charge in [0.05, 0.1) is 18.8 Å². The van der Waals surface area contributed by atoms with Crippen LogP contribution in [0.25, 0.3) is 11.3 Å². The van der Waals surface area contributed by atoms with Gasteiger partial charge in [-0.1, -0.05) is 40.6 Å². The largest absolute Gasteiger partial charge is 0.360 e. The zero-order chi connectivity index (χ0) is 17.1. The molecule has 0 spiro atoms. The van der Waals surface area contributed by atoms with Gasteiger partial charge in [-0.15, -0.1) is 0 Å². The quantitative estimate of drug-likeness (QED) is 0.713. The van der Waals surface area contributed by atoms with Crippen molar-refractivity contribution in [3.8, 4) is 11.3 Å². The molecule has 4 rings (SSSR count). The second-order valence-electron chi connectivity index (χ2n) is 6.53. The van der Waals surface area contributed by atoms with Crippen LogP contribution in [0.2, 0.25) is 0 Å². The Balaban J connectivity index is 1.29. The van der Waals surface area contributed by atoms with Gasteiger partial charge in [0.2, 0.25) is 0 Å². The van der Waals surface area contributed by atoms with Crippen LogP contribution < -0.4 is 0 Å². The summed E-state index contributed by atoms with van der Waals surface area (Å²) in [6.45, 7) is 7.62. The van der Waals surface area contributed by atoms with Gasteiger partial charge in [0.1, 0.15) is 5.69 Å². The van der Waals surface area contributed by atoms with Gasteiger partial charge in [0.15, 0.2) is 11.5 Å². The standard InChI is InChI=1S/C19H22N4O2/c1-15-11-17(24-20-15)13-22-7-9-23(10-8-22)14-18-12-19(21-25-18)16-5-3-2-4-6-16/h2-6,11-12H,7-10,13-14H2,1H3. The van der Waals surface area contributed by atoms with Crippen LogP contribution in [0.15, 0.2) is 51.5 Å². The molecule has 6 nitrogen and oxygen atoms in total. The van der Waals surface area contributed by atoms with Crippen molar-refractivity contribution in [3.63, 3.8) is 0 Å². The molecule has 3 heterocycles. The first-order valence-corrected chi connectivity index (χ1v) is 8.64. The number of hydrogen-bond acceptors (Lipinski definition) is 6. The number of aromatic nitrogens is 2. The van der Waals surface area contributed by atoms with E-state index in [-0.39, 0.29) is 0 Å². The van der Waals surface area contributed by atoms with Crippen LogP contribution in [0.3, 0.4) is 0 Å². The summed E-state index contributed by atoms with van der Waals surface area (Å²) in [5.41, 5.74) is 2.92. The van der Waals surface area contributed by atoms with Crippen LogP contribution in [0.1, 0.15) is 17.2 Å². The third-order valence-corrected chi connectivity index (χ3v) is 4.53. The minimum absolute atomic E-state index is 0.801. The van der Waals surface area contributed by atoms with Crippen LogP contribution in [-0.4, -0.2) is 46.3 Å². The molecule has 25 heavy (non-hydrogen) atoms. The first kappa shape index (κ1) is 16.1. The normalized spacial score (nSPS) is 16.4. The average molecular weight is 338 g/mol. The third-order valence-electron chi connectivity index (χ3n) is 4.53. The number of aryl methyl sites for hydroxylation is 1. The van der Waals surface area contributed by atoms with Gasteiger partial charge in [-0.25, -0.2) is 0 Å². The zero-order valence-electron chi connectivity index (χ0n) is 14.4. The van der Waals surface area contributed by atoms with Gasteiger partial charge >= 0.3 is 0 Å². The highest BCUT2D eigenvalue weighted by Gasteiger charge is 2.20. The summed E-state index contributed by atoms with van der Waals surface area (Å²) in [6, 6.07) is 14.2. The van der Waals surface area contributed by atoms with E-state index in [0.717, 1.165) is 67.7 Å². The van der Waals surface area contributed by atoms with Crippen molar-refractivity contribution in [2.24, 2.45) is 0 Å². The summed E-state index contributed by atoms with van der Waals surface area (Å²) in [6.07, 6.45) is 0.